The summed E-state index contributed by atoms with van der Waals surface area (Å²) in [6.45, 7) is 1.44. The molecule has 6 nitrogen and oxygen atoms in total. The lowest BCUT2D eigenvalue weighted by atomic mass is 10.2. The summed E-state index contributed by atoms with van der Waals surface area (Å²) < 4.78 is 5.72. The van der Waals surface area contributed by atoms with Gasteiger partial charge in [-0.05, 0) is 55.3 Å². The molecular formula is C19H17N3O3. The summed E-state index contributed by atoms with van der Waals surface area (Å²) in [5.41, 5.74) is 3.31. The molecule has 0 unspecified atom stereocenters. The van der Waals surface area contributed by atoms with E-state index in [-0.39, 0.29) is 11.8 Å². The number of rotatable bonds is 4. The molecule has 4 rings (SSSR count). The highest BCUT2D eigenvalue weighted by atomic mass is 16.3. The van der Waals surface area contributed by atoms with E-state index in [2.05, 4.69) is 15.6 Å². The van der Waals surface area contributed by atoms with Crippen molar-refractivity contribution in [2.75, 3.05) is 10.6 Å². The Labute approximate surface area is 144 Å². The normalized spacial score (nSPS) is 13.6. The number of hydrogen-bond donors (Lipinski definition) is 2. The summed E-state index contributed by atoms with van der Waals surface area (Å²) in [5.74, 6) is 0.864. The molecule has 1 aliphatic rings. The Bertz CT molecular complexity index is 956. The number of nitrogens with zero attached hydrogens (tertiary/aromatic N) is 1. The number of hydrogen-bond acceptors (Lipinski definition) is 4. The summed E-state index contributed by atoms with van der Waals surface area (Å²) in [5, 5.41) is 5.52. The molecule has 1 heterocycles. The summed E-state index contributed by atoms with van der Waals surface area (Å²) in [6, 6.07) is 12.2. The number of fused-ring (bicyclic) bond motifs is 1. The third-order valence-corrected chi connectivity index (χ3v) is 4.06. The topological polar surface area (TPSA) is 84.2 Å². The highest BCUT2D eigenvalue weighted by Gasteiger charge is 2.28. The predicted molar refractivity (Wildman–Crippen MR) is 94.7 cm³/mol. The van der Waals surface area contributed by atoms with Crippen LogP contribution in [0.2, 0.25) is 0 Å². The molecule has 6 heteroatoms. The minimum Gasteiger partial charge on any atom is -0.440 e. The molecule has 0 spiro atoms. The molecule has 25 heavy (non-hydrogen) atoms. The van der Waals surface area contributed by atoms with E-state index in [0.717, 1.165) is 29.8 Å². The van der Waals surface area contributed by atoms with Gasteiger partial charge in [0.25, 0.3) is 5.91 Å². The lowest BCUT2D eigenvalue weighted by Crippen LogP contribution is -2.12. The van der Waals surface area contributed by atoms with Gasteiger partial charge in [-0.25, -0.2) is 4.98 Å². The summed E-state index contributed by atoms with van der Waals surface area (Å²) >= 11 is 0. The first-order valence-electron chi connectivity index (χ1n) is 8.18. The van der Waals surface area contributed by atoms with Crippen LogP contribution in [0.25, 0.3) is 11.1 Å². The van der Waals surface area contributed by atoms with E-state index >= 15 is 0 Å². The number of aromatic nitrogens is 1. The average molecular weight is 335 g/mol. The van der Waals surface area contributed by atoms with Crippen LogP contribution < -0.4 is 10.6 Å². The Morgan fingerprint density at radius 2 is 1.76 bits per heavy atom. The van der Waals surface area contributed by atoms with E-state index in [9.17, 15) is 9.59 Å². The van der Waals surface area contributed by atoms with E-state index in [1.54, 1.807) is 30.3 Å². The number of carbonyl (C=O) groups is 2. The Hall–Kier alpha value is -3.15. The standard InChI is InChI=1S/C19H17N3O3/c1-11(23)20-14-6-4-12(5-7-14)18(24)21-15-8-9-17-16(10-15)22-19(25-17)13-2-3-13/h4-10,13H,2-3H2,1H3,(H,20,23)(H,21,24). The molecule has 2 aromatic carbocycles. The quantitative estimate of drug-likeness (QED) is 0.757. The van der Waals surface area contributed by atoms with Gasteiger partial charge in [-0.15, -0.1) is 0 Å². The zero-order valence-electron chi connectivity index (χ0n) is 13.7. The Morgan fingerprint density at radius 3 is 2.44 bits per heavy atom. The molecule has 0 saturated heterocycles. The van der Waals surface area contributed by atoms with Gasteiger partial charge in [0.1, 0.15) is 5.52 Å². The number of oxazole rings is 1. The highest BCUT2D eigenvalue weighted by molar-refractivity contribution is 6.05. The van der Waals surface area contributed by atoms with Gasteiger partial charge in [0.2, 0.25) is 5.91 Å². The highest BCUT2D eigenvalue weighted by Crippen LogP contribution is 2.40. The van der Waals surface area contributed by atoms with Gasteiger partial charge in [-0.1, -0.05) is 0 Å². The molecular weight excluding hydrogens is 318 g/mol. The number of nitrogens with one attached hydrogen (secondary N) is 2. The first-order valence-corrected chi connectivity index (χ1v) is 8.18. The fourth-order valence-corrected chi connectivity index (χ4v) is 2.64. The number of carbonyl (C=O) groups excluding carboxylic acids is 2. The third kappa shape index (κ3) is 3.38. The van der Waals surface area contributed by atoms with Crippen molar-refractivity contribution in [3.05, 3.63) is 53.9 Å². The molecule has 1 aliphatic carbocycles. The molecule has 0 aliphatic heterocycles. The van der Waals surface area contributed by atoms with Crippen molar-refractivity contribution in [1.29, 1.82) is 0 Å². The van der Waals surface area contributed by atoms with E-state index in [0.29, 0.717) is 22.9 Å². The molecule has 3 aromatic rings. The van der Waals surface area contributed by atoms with Crippen LogP contribution in [-0.2, 0) is 4.79 Å². The molecule has 0 atom stereocenters. The Kier molecular flexibility index (Phi) is 3.72. The van der Waals surface area contributed by atoms with Crippen molar-refractivity contribution in [2.45, 2.75) is 25.7 Å². The van der Waals surface area contributed by atoms with Gasteiger partial charge in [0.05, 0.1) is 0 Å². The van der Waals surface area contributed by atoms with E-state index < -0.39 is 0 Å². The largest absolute Gasteiger partial charge is 0.440 e. The van der Waals surface area contributed by atoms with Crippen molar-refractivity contribution >= 4 is 34.3 Å². The summed E-state index contributed by atoms with van der Waals surface area (Å²) in [6.07, 6.45) is 2.26. The first-order chi connectivity index (χ1) is 12.1. The fraction of sp³-hybridized carbons (Fsp3) is 0.211. The number of amides is 2. The maximum Gasteiger partial charge on any atom is 0.255 e. The van der Waals surface area contributed by atoms with Crippen LogP contribution in [0.15, 0.2) is 46.9 Å². The van der Waals surface area contributed by atoms with Crippen molar-refractivity contribution in [3.63, 3.8) is 0 Å². The van der Waals surface area contributed by atoms with Gasteiger partial charge in [-0.3, -0.25) is 9.59 Å². The predicted octanol–water partition coefficient (Wildman–Crippen LogP) is 3.92. The zero-order chi connectivity index (χ0) is 17.4. The van der Waals surface area contributed by atoms with Crippen LogP contribution in [-0.4, -0.2) is 16.8 Å². The lowest BCUT2D eigenvalue weighted by Gasteiger charge is -2.06. The second kappa shape index (κ2) is 6.05. The average Bonchev–Trinajstić information content (AvgIpc) is 3.34. The maximum absolute atomic E-state index is 12.4. The molecule has 0 bridgehead atoms. The van der Waals surface area contributed by atoms with Crippen LogP contribution in [0.1, 0.15) is 41.9 Å². The summed E-state index contributed by atoms with van der Waals surface area (Å²) in [4.78, 5) is 27.9. The molecule has 126 valence electrons. The lowest BCUT2D eigenvalue weighted by molar-refractivity contribution is -0.114. The van der Waals surface area contributed by atoms with E-state index in [4.69, 9.17) is 4.42 Å². The Balaban J connectivity index is 1.49. The SMILES string of the molecule is CC(=O)Nc1ccc(C(=O)Nc2ccc3oc(C4CC4)nc3c2)cc1. The maximum atomic E-state index is 12.4. The number of benzene rings is 2. The second-order valence-corrected chi connectivity index (χ2v) is 6.22. The minimum atomic E-state index is -0.223. The summed E-state index contributed by atoms with van der Waals surface area (Å²) in [7, 11) is 0. The molecule has 1 saturated carbocycles. The first kappa shape index (κ1) is 15.4. The zero-order valence-corrected chi connectivity index (χ0v) is 13.7. The van der Waals surface area contributed by atoms with Gasteiger partial charge in [0, 0.05) is 29.8 Å². The van der Waals surface area contributed by atoms with E-state index in [1.807, 2.05) is 12.1 Å². The molecule has 2 N–H and O–H groups in total. The monoisotopic (exact) mass is 335 g/mol. The van der Waals surface area contributed by atoms with Crippen LogP contribution in [0, 0.1) is 0 Å². The van der Waals surface area contributed by atoms with Gasteiger partial charge < -0.3 is 15.1 Å². The van der Waals surface area contributed by atoms with Crippen LogP contribution in [0.5, 0.6) is 0 Å². The molecule has 2 amide bonds. The van der Waals surface area contributed by atoms with Gasteiger partial charge >= 0.3 is 0 Å². The molecule has 1 aromatic heterocycles. The molecule has 0 radical (unpaired) electrons. The third-order valence-electron chi connectivity index (χ3n) is 4.06. The van der Waals surface area contributed by atoms with Crippen LogP contribution in [0.3, 0.4) is 0 Å². The van der Waals surface area contributed by atoms with Crippen molar-refractivity contribution < 1.29 is 14.0 Å². The van der Waals surface area contributed by atoms with Crippen molar-refractivity contribution in [3.8, 4) is 0 Å². The Morgan fingerprint density at radius 1 is 1.04 bits per heavy atom. The smallest absolute Gasteiger partial charge is 0.255 e. The van der Waals surface area contributed by atoms with Crippen molar-refractivity contribution in [1.82, 2.24) is 4.98 Å². The van der Waals surface area contributed by atoms with Crippen LogP contribution in [0.4, 0.5) is 11.4 Å². The van der Waals surface area contributed by atoms with Gasteiger partial charge in [0.15, 0.2) is 11.5 Å². The van der Waals surface area contributed by atoms with E-state index in [1.165, 1.54) is 6.92 Å². The molecule has 1 fully saturated rings. The minimum absolute atomic E-state index is 0.149. The fourth-order valence-electron chi connectivity index (χ4n) is 2.64. The second-order valence-electron chi connectivity index (χ2n) is 6.22. The number of anilines is 2. The van der Waals surface area contributed by atoms with Crippen LogP contribution >= 0.6 is 0 Å². The van der Waals surface area contributed by atoms with Crippen molar-refractivity contribution in [2.24, 2.45) is 0 Å². The van der Waals surface area contributed by atoms with Gasteiger partial charge in [-0.2, -0.15) is 0 Å².